The second kappa shape index (κ2) is 18.7. The van der Waals surface area contributed by atoms with Crippen LogP contribution in [0.2, 0.25) is 0 Å². The minimum Gasteiger partial charge on any atom is -0.359 e. The van der Waals surface area contributed by atoms with Gasteiger partial charge in [-0.25, -0.2) is 0 Å². The average Bonchev–Trinajstić information content (AvgIpc) is 3.02. The second-order valence-electron chi connectivity index (χ2n) is 4.02. The van der Waals surface area contributed by atoms with Gasteiger partial charge in [0, 0.05) is 19.3 Å². The Balaban J connectivity index is 0. The summed E-state index contributed by atoms with van der Waals surface area (Å²) in [5.74, 6) is 0. The molecule has 0 aromatic carbocycles. The zero-order chi connectivity index (χ0) is 16.3. The number of nitrogens with zero attached hydrogens (tertiary/aromatic N) is 3. The van der Waals surface area contributed by atoms with Gasteiger partial charge in [-0.2, -0.15) is 0 Å². The quantitative estimate of drug-likeness (QED) is 0.410. The van der Waals surface area contributed by atoms with Crippen molar-refractivity contribution in [2.24, 2.45) is 0 Å². The van der Waals surface area contributed by atoms with Gasteiger partial charge < -0.3 is 5.32 Å². The molecule has 1 aromatic heterocycles. The summed E-state index contributed by atoms with van der Waals surface area (Å²) in [7, 11) is 5.45. The van der Waals surface area contributed by atoms with Crippen LogP contribution in [0.5, 0.6) is 0 Å². The van der Waals surface area contributed by atoms with Crippen molar-refractivity contribution in [3.8, 4) is 0 Å². The molecule has 0 saturated carbocycles. The van der Waals surface area contributed by atoms with E-state index in [1.165, 1.54) is 12.8 Å². The molecule has 1 rings (SSSR count). The van der Waals surface area contributed by atoms with Crippen LogP contribution >= 0.6 is 0 Å². The number of amides is 1. The van der Waals surface area contributed by atoms with Crippen molar-refractivity contribution in [3.63, 3.8) is 0 Å². The van der Waals surface area contributed by atoms with E-state index in [0.29, 0.717) is 6.32 Å². The summed E-state index contributed by atoms with van der Waals surface area (Å²) in [6.07, 6.45) is 8.79. The molecule has 5 nitrogen and oxygen atoms in total. The standard InChI is InChI=1S/C11H19BN4O.2C2H6/c12-8-11-9-16(15-14-11)7-5-3-1-2-4-6-13-10-17;2*1-2/h9-10H,1-8H2,(H,13,17);2*1-2H3. The van der Waals surface area contributed by atoms with Crippen LogP contribution in [0.15, 0.2) is 6.20 Å². The van der Waals surface area contributed by atoms with Crippen LogP contribution in [0.3, 0.4) is 0 Å². The Morgan fingerprint density at radius 1 is 1.14 bits per heavy atom. The summed E-state index contributed by atoms with van der Waals surface area (Å²) in [5, 5.41) is 10.6. The third kappa shape index (κ3) is 13.4. The molecule has 0 aliphatic rings. The first-order chi connectivity index (χ1) is 10.4. The van der Waals surface area contributed by atoms with E-state index in [1.807, 2.05) is 38.6 Å². The Bertz CT molecular complexity index is 318. The van der Waals surface area contributed by atoms with Crippen LogP contribution in [0.4, 0.5) is 0 Å². The van der Waals surface area contributed by atoms with E-state index < -0.39 is 0 Å². The summed E-state index contributed by atoms with van der Waals surface area (Å²) >= 11 is 0. The molecule has 1 amide bonds. The van der Waals surface area contributed by atoms with Gasteiger partial charge in [-0.05, 0) is 19.2 Å². The molecule has 0 atom stereocenters. The van der Waals surface area contributed by atoms with Gasteiger partial charge in [0.1, 0.15) is 0 Å². The van der Waals surface area contributed by atoms with Crippen LogP contribution in [0.1, 0.15) is 65.5 Å². The Hall–Kier alpha value is -1.33. The third-order valence-corrected chi connectivity index (χ3v) is 2.59. The van der Waals surface area contributed by atoms with Gasteiger partial charge >= 0.3 is 0 Å². The summed E-state index contributed by atoms with van der Waals surface area (Å²) in [5.41, 5.74) is 0.838. The molecule has 1 N–H and O–H groups in total. The topological polar surface area (TPSA) is 59.8 Å². The number of unbranched alkanes of at least 4 members (excludes halogenated alkanes) is 4. The number of hydrogen-bond acceptors (Lipinski definition) is 3. The summed E-state index contributed by atoms with van der Waals surface area (Å²) in [6, 6.07) is 0. The van der Waals surface area contributed by atoms with E-state index in [0.717, 1.165) is 44.5 Å². The van der Waals surface area contributed by atoms with Crippen molar-refractivity contribution in [3.05, 3.63) is 11.9 Å². The lowest BCUT2D eigenvalue weighted by Gasteiger charge is -2.01. The monoisotopic (exact) mass is 294 g/mol. The third-order valence-electron chi connectivity index (χ3n) is 2.59. The fraction of sp³-hybridized carbons (Fsp3) is 0.800. The number of carbonyl (C=O) groups excluding carboxylic acids is 1. The van der Waals surface area contributed by atoms with Gasteiger partial charge in [-0.3, -0.25) is 9.48 Å². The second-order valence-corrected chi connectivity index (χ2v) is 4.02. The predicted molar refractivity (Wildman–Crippen MR) is 89.3 cm³/mol. The maximum atomic E-state index is 9.99. The smallest absolute Gasteiger partial charge is 0.207 e. The van der Waals surface area contributed by atoms with Crippen LogP contribution in [0.25, 0.3) is 0 Å². The molecule has 6 heteroatoms. The van der Waals surface area contributed by atoms with E-state index in [-0.39, 0.29) is 0 Å². The molecular formula is C15H31BN4O. The van der Waals surface area contributed by atoms with Crippen LogP contribution < -0.4 is 5.32 Å². The highest BCUT2D eigenvalue weighted by Gasteiger charge is 1.97. The molecule has 1 aromatic rings. The Labute approximate surface area is 131 Å². The maximum Gasteiger partial charge on any atom is 0.207 e. The minimum absolute atomic E-state index is 0.448. The van der Waals surface area contributed by atoms with Gasteiger partial charge in [-0.15, -0.1) is 5.10 Å². The summed E-state index contributed by atoms with van der Waals surface area (Å²) in [6.45, 7) is 9.69. The van der Waals surface area contributed by atoms with Crippen LogP contribution in [-0.2, 0) is 17.7 Å². The largest absolute Gasteiger partial charge is 0.359 e. The lowest BCUT2D eigenvalue weighted by Crippen LogP contribution is -2.11. The van der Waals surface area contributed by atoms with Crippen molar-refractivity contribution in [1.82, 2.24) is 20.3 Å². The normalized spacial score (nSPS) is 8.95. The van der Waals surface area contributed by atoms with Crippen molar-refractivity contribution in [1.29, 1.82) is 0 Å². The highest BCUT2D eigenvalue weighted by Crippen LogP contribution is 2.04. The van der Waals surface area contributed by atoms with E-state index in [4.69, 9.17) is 7.85 Å². The lowest BCUT2D eigenvalue weighted by atomic mass is 10.0. The first-order valence-electron chi connectivity index (χ1n) is 8.13. The molecule has 21 heavy (non-hydrogen) atoms. The molecular weight excluding hydrogens is 263 g/mol. The maximum absolute atomic E-state index is 9.99. The SMILES string of the molecule is CC.CC.[B]Cc1cn(CCCCCCCNC=O)nn1. The fourth-order valence-corrected chi connectivity index (χ4v) is 1.63. The van der Waals surface area contributed by atoms with Crippen LogP contribution in [-0.4, -0.2) is 35.8 Å². The molecule has 0 saturated heterocycles. The number of aromatic nitrogens is 3. The van der Waals surface area contributed by atoms with E-state index in [1.54, 1.807) is 0 Å². The number of nitrogens with one attached hydrogen (secondary N) is 1. The van der Waals surface area contributed by atoms with E-state index >= 15 is 0 Å². The van der Waals surface area contributed by atoms with Crippen LogP contribution in [0, 0.1) is 0 Å². The Kier molecular flexibility index (Phi) is 19.5. The first kappa shape index (κ1) is 22.0. The van der Waals surface area contributed by atoms with E-state index in [9.17, 15) is 4.79 Å². The Morgan fingerprint density at radius 3 is 2.33 bits per heavy atom. The first-order valence-corrected chi connectivity index (χ1v) is 8.13. The fourth-order valence-electron chi connectivity index (χ4n) is 1.63. The van der Waals surface area contributed by atoms with Crippen molar-refractivity contribution < 1.29 is 4.79 Å². The van der Waals surface area contributed by atoms with Gasteiger partial charge in [-0.1, -0.05) is 52.2 Å². The number of aryl methyl sites for hydroxylation is 1. The molecule has 0 spiro atoms. The molecule has 0 fully saturated rings. The Morgan fingerprint density at radius 2 is 1.76 bits per heavy atom. The summed E-state index contributed by atoms with van der Waals surface area (Å²) in [4.78, 5) is 9.99. The van der Waals surface area contributed by atoms with Gasteiger partial charge in [0.25, 0.3) is 0 Å². The number of rotatable bonds is 10. The van der Waals surface area contributed by atoms with Crippen molar-refractivity contribution in [2.45, 2.75) is 72.7 Å². The molecule has 2 radical (unpaired) electrons. The number of carbonyl (C=O) groups is 1. The van der Waals surface area contributed by atoms with Gasteiger partial charge in [0.05, 0.1) is 13.5 Å². The molecule has 0 bridgehead atoms. The molecule has 0 aliphatic heterocycles. The van der Waals surface area contributed by atoms with Gasteiger partial charge in [0.2, 0.25) is 6.41 Å². The zero-order valence-electron chi connectivity index (χ0n) is 14.1. The lowest BCUT2D eigenvalue weighted by molar-refractivity contribution is -0.109. The molecule has 0 aliphatic carbocycles. The minimum atomic E-state index is 0.448. The number of hydrogen-bond donors (Lipinski definition) is 1. The molecule has 120 valence electrons. The highest BCUT2D eigenvalue weighted by atomic mass is 16.1. The highest BCUT2D eigenvalue weighted by molar-refractivity contribution is 6.08. The van der Waals surface area contributed by atoms with E-state index in [2.05, 4.69) is 15.6 Å². The molecule has 0 unspecified atom stereocenters. The van der Waals surface area contributed by atoms with Crippen molar-refractivity contribution in [2.75, 3.05) is 6.54 Å². The predicted octanol–water partition coefficient (Wildman–Crippen LogP) is 2.70. The zero-order valence-corrected chi connectivity index (χ0v) is 14.1. The summed E-state index contributed by atoms with van der Waals surface area (Å²) < 4.78 is 1.84. The van der Waals surface area contributed by atoms with Gasteiger partial charge in [0.15, 0.2) is 0 Å². The van der Waals surface area contributed by atoms with Crippen molar-refractivity contribution >= 4 is 14.3 Å². The molecule has 1 heterocycles. The average molecular weight is 294 g/mol.